The van der Waals surface area contributed by atoms with Crippen molar-refractivity contribution in [1.82, 2.24) is 0 Å². The van der Waals surface area contributed by atoms with Gasteiger partial charge in [-0.1, -0.05) is 86.7 Å². The number of hydrogen-bond donors (Lipinski definition) is 0. The van der Waals surface area contributed by atoms with Gasteiger partial charge in [0, 0.05) is 6.42 Å². The van der Waals surface area contributed by atoms with Crippen molar-refractivity contribution in [2.45, 2.75) is 105 Å². The van der Waals surface area contributed by atoms with Gasteiger partial charge in [-0.25, -0.2) is 0 Å². The minimum Gasteiger partial charge on any atom is -0.461 e. The number of carbonyl (C=O) groups is 3. The van der Waals surface area contributed by atoms with Crippen LogP contribution in [0.15, 0.2) is 23.3 Å². The quantitative estimate of drug-likeness (QED) is 0.120. The third-order valence-corrected chi connectivity index (χ3v) is 12.4. The van der Waals surface area contributed by atoms with E-state index in [9.17, 15) is 14.4 Å². The Morgan fingerprint density at radius 1 is 1.07 bits per heavy atom. The lowest BCUT2D eigenvalue weighted by Crippen LogP contribution is -2.42. The van der Waals surface area contributed by atoms with Crippen LogP contribution in [0.4, 0.5) is 0 Å². The van der Waals surface area contributed by atoms with Gasteiger partial charge in [0.1, 0.15) is 11.4 Å². The van der Waals surface area contributed by atoms with Gasteiger partial charge in [-0.2, -0.15) is 0 Å². The maximum Gasteiger partial charge on any atom is 0.318 e. The van der Waals surface area contributed by atoms with E-state index >= 15 is 0 Å². The molecule has 1 heterocycles. The first kappa shape index (κ1) is 30.0. The number of esters is 3. The molecule has 3 fully saturated rings. The summed E-state index contributed by atoms with van der Waals surface area (Å²) < 4.78 is 11.0. The van der Waals surface area contributed by atoms with Crippen molar-refractivity contribution in [3.8, 4) is 0 Å². The summed E-state index contributed by atoms with van der Waals surface area (Å²) in [5.41, 5.74) is 2.93. The highest BCUT2D eigenvalue weighted by Crippen LogP contribution is 2.62. The zero-order valence-corrected chi connectivity index (χ0v) is 26.7. The molecule has 0 spiro atoms. The first-order chi connectivity index (χ1) is 19.0. The molecule has 4 aliphatic carbocycles. The predicted molar refractivity (Wildman–Crippen MR) is 159 cm³/mol. The summed E-state index contributed by atoms with van der Waals surface area (Å²) in [5, 5.41) is 0.192. The lowest BCUT2D eigenvalue weighted by Gasteiger charge is -2.48. The van der Waals surface area contributed by atoms with E-state index in [0.717, 1.165) is 19.3 Å². The summed E-state index contributed by atoms with van der Waals surface area (Å²) in [5.74, 6) is 2.11. The summed E-state index contributed by atoms with van der Waals surface area (Å²) in [4.78, 5) is 37.9. The van der Waals surface area contributed by atoms with Crippen LogP contribution in [0.2, 0.25) is 0 Å². The molecular formula is C34H49BrO5. The van der Waals surface area contributed by atoms with Crippen molar-refractivity contribution >= 4 is 33.8 Å². The average Bonchev–Trinajstić information content (AvgIpc) is 3.42. The van der Waals surface area contributed by atoms with Crippen LogP contribution in [-0.2, 0) is 23.9 Å². The fourth-order valence-electron chi connectivity index (χ4n) is 9.50. The van der Waals surface area contributed by atoms with Crippen molar-refractivity contribution in [1.29, 1.82) is 0 Å². The van der Waals surface area contributed by atoms with E-state index < -0.39 is 0 Å². The summed E-state index contributed by atoms with van der Waals surface area (Å²) in [6, 6.07) is 0. The van der Waals surface area contributed by atoms with Gasteiger partial charge in [-0.15, -0.1) is 0 Å². The number of ether oxygens (including phenoxy) is 2. The molecular weight excluding hydrogens is 568 g/mol. The van der Waals surface area contributed by atoms with Gasteiger partial charge in [0.2, 0.25) is 0 Å². The summed E-state index contributed by atoms with van der Waals surface area (Å²) in [7, 11) is 0. The Morgan fingerprint density at radius 2 is 1.85 bits per heavy atom. The SMILES string of the molecule is CC(C)[C@@H](C)/C=C/[C@@H](C)C1CCC2C(C[C@H]3C4=C(CC[C@H](OC(=O)CBr)C4)CC4C(=O)OC(=O)C43)CCCC21C. The molecule has 5 nitrogen and oxygen atoms in total. The molecule has 6 unspecified atom stereocenters. The second-order valence-electron chi connectivity index (χ2n) is 14.3. The van der Waals surface area contributed by atoms with Crippen LogP contribution in [0, 0.1) is 58.7 Å². The molecule has 0 radical (unpaired) electrons. The Morgan fingerprint density at radius 3 is 2.58 bits per heavy atom. The second-order valence-corrected chi connectivity index (χ2v) is 14.9. The normalized spacial score (nSPS) is 39.1. The Bertz CT molecular complexity index is 1060. The van der Waals surface area contributed by atoms with Gasteiger partial charge in [-0.05, 0) is 91.8 Å². The molecule has 222 valence electrons. The lowest BCUT2D eigenvalue weighted by molar-refractivity contribution is -0.154. The van der Waals surface area contributed by atoms with E-state index in [0.29, 0.717) is 53.8 Å². The largest absolute Gasteiger partial charge is 0.461 e. The van der Waals surface area contributed by atoms with Gasteiger partial charge >= 0.3 is 17.9 Å². The number of alkyl halides is 1. The second kappa shape index (κ2) is 12.1. The minimum absolute atomic E-state index is 0.0220. The van der Waals surface area contributed by atoms with E-state index in [1.54, 1.807) is 0 Å². The van der Waals surface area contributed by atoms with Crippen LogP contribution in [0.25, 0.3) is 0 Å². The molecule has 0 aromatic carbocycles. The number of carbonyl (C=O) groups excluding carboxylic acids is 3. The van der Waals surface area contributed by atoms with E-state index in [-0.39, 0.29) is 47.1 Å². The number of rotatable bonds is 8. The first-order valence-electron chi connectivity index (χ1n) is 15.9. The van der Waals surface area contributed by atoms with Gasteiger partial charge in [0.15, 0.2) is 0 Å². The monoisotopic (exact) mass is 616 g/mol. The van der Waals surface area contributed by atoms with Gasteiger partial charge in [-0.3, -0.25) is 14.4 Å². The van der Waals surface area contributed by atoms with Crippen molar-refractivity contribution < 1.29 is 23.9 Å². The Balaban J connectivity index is 1.38. The van der Waals surface area contributed by atoms with E-state index in [2.05, 4.69) is 62.7 Å². The van der Waals surface area contributed by atoms with Crippen molar-refractivity contribution in [2.24, 2.45) is 58.7 Å². The van der Waals surface area contributed by atoms with Crippen molar-refractivity contribution in [2.75, 3.05) is 5.33 Å². The Kier molecular flexibility index (Phi) is 9.05. The molecule has 1 aliphatic heterocycles. The first-order valence-corrected chi connectivity index (χ1v) is 17.1. The van der Waals surface area contributed by atoms with Gasteiger partial charge in [0.05, 0.1) is 11.8 Å². The average molecular weight is 618 g/mol. The number of halogens is 1. The molecule has 0 aromatic heterocycles. The minimum atomic E-state index is -0.373. The van der Waals surface area contributed by atoms with Crippen LogP contribution in [0.1, 0.15) is 98.8 Å². The standard InChI is InChI=1S/C34H49BrO5/c1-19(2)20(3)8-9-21(4)28-12-13-29-23(7-6-14-34(28,29)5)16-26-25-17-24(39-30(36)18-35)11-10-22(25)15-27-31(26)33(38)40-32(27)37/h8-9,19-21,23-24,26-29,31H,6-7,10-18H2,1-5H3/b9-8+/t20-,21+,23?,24-,26-,27?,28?,29?,31?,34?/m0/s1. The molecule has 0 bridgehead atoms. The summed E-state index contributed by atoms with van der Waals surface area (Å²) >= 11 is 3.22. The van der Waals surface area contributed by atoms with Crippen LogP contribution >= 0.6 is 15.9 Å². The Hall–Kier alpha value is -1.43. The number of cyclic esters (lactones) is 2. The molecule has 5 rings (SSSR count). The molecule has 0 amide bonds. The molecule has 0 N–H and O–H groups in total. The number of hydrogen-bond acceptors (Lipinski definition) is 5. The number of allylic oxidation sites excluding steroid dienone is 3. The highest BCUT2D eigenvalue weighted by molar-refractivity contribution is 9.09. The molecule has 10 atom stereocenters. The molecule has 0 aromatic rings. The zero-order valence-electron chi connectivity index (χ0n) is 25.1. The van der Waals surface area contributed by atoms with E-state index in [4.69, 9.17) is 9.47 Å². The third-order valence-electron chi connectivity index (χ3n) is 11.9. The molecule has 6 heteroatoms. The summed E-state index contributed by atoms with van der Waals surface area (Å²) in [6.45, 7) is 11.9. The summed E-state index contributed by atoms with van der Waals surface area (Å²) in [6.07, 6.45) is 14.9. The fraction of sp³-hybridized carbons (Fsp3) is 0.794. The topological polar surface area (TPSA) is 69.7 Å². The van der Waals surface area contributed by atoms with Crippen molar-refractivity contribution in [3.05, 3.63) is 23.3 Å². The smallest absolute Gasteiger partial charge is 0.318 e. The fourth-order valence-corrected chi connectivity index (χ4v) is 9.63. The van der Waals surface area contributed by atoms with Gasteiger partial charge in [0.25, 0.3) is 0 Å². The molecule has 2 saturated carbocycles. The predicted octanol–water partition coefficient (Wildman–Crippen LogP) is 7.82. The van der Waals surface area contributed by atoms with Crippen LogP contribution < -0.4 is 0 Å². The highest BCUT2D eigenvalue weighted by Gasteiger charge is 2.56. The Labute approximate surface area is 249 Å². The van der Waals surface area contributed by atoms with Crippen LogP contribution in [0.3, 0.4) is 0 Å². The third kappa shape index (κ3) is 5.64. The van der Waals surface area contributed by atoms with Crippen LogP contribution in [0.5, 0.6) is 0 Å². The maximum atomic E-state index is 13.1. The maximum absolute atomic E-state index is 13.1. The molecule has 1 saturated heterocycles. The van der Waals surface area contributed by atoms with E-state index in [1.165, 1.54) is 43.3 Å². The van der Waals surface area contributed by atoms with Crippen LogP contribution in [-0.4, -0.2) is 29.3 Å². The van der Waals surface area contributed by atoms with Gasteiger partial charge < -0.3 is 9.47 Å². The van der Waals surface area contributed by atoms with E-state index in [1.807, 2.05) is 0 Å². The van der Waals surface area contributed by atoms with Crippen molar-refractivity contribution in [3.63, 3.8) is 0 Å². The highest BCUT2D eigenvalue weighted by atomic mass is 79.9. The lowest BCUT2D eigenvalue weighted by atomic mass is 9.56. The molecule has 40 heavy (non-hydrogen) atoms. The molecule has 5 aliphatic rings. The zero-order chi connectivity index (χ0) is 28.8. The number of fused-ring (bicyclic) bond motifs is 2.